The minimum Gasteiger partial charge on any atom is -0.345 e. The summed E-state index contributed by atoms with van der Waals surface area (Å²) in [5.41, 5.74) is 4.44. The third-order valence-electron chi connectivity index (χ3n) is 9.86. The van der Waals surface area contributed by atoms with E-state index in [1.54, 1.807) is 42.9 Å². The standard InChI is InChI=1S/C35H42N8O3/c1-20(37-19-31(44)43-27(18-36)15-26-16-30(26)43)17-35(34-38-21(2)39-40-34)28-11-9-24(32(45)41(3)4)13-22(28)7-8-23-14-25(10-12-29(23)35)33(46)42(5)6/h9-14,20,26-27,30,37H,7-8,15-17,19H2,1-6H3,(H,38,39,40)/t20-,26+,27-,30-/m0/s1. The first kappa shape index (κ1) is 31.4. The zero-order valence-electron chi connectivity index (χ0n) is 27.4. The summed E-state index contributed by atoms with van der Waals surface area (Å²) in [6, 6.07) is 13.8. The number of nitriles is 1. The van der Waals surface area contributed by atoms with Crippen LogP contribution in [0.4, 0.5) is 0 Å². The number of aromatic amines is 1. The summed E-state index contributed by atoms with van der Waals surface area (Å²) < 4.78 is 0. The molecule has 46 heavy (non-hydrogen) atoms. The number of piperidine rings is 1. The fraction of sp³-hybridized carbons (Fsp3) is 0.486. The first-order valence-electron chi connectivity index (χ1n) is 16.0. The Morgan fingerprint density at radius 1 is 1.00 bits per heavy atom. The van der Waals surface area contributed by atoms with E-state index in [1.165, 1.54) is 0 Å². The average molecular weight is 623 g/mol. The zero-order valence-corrected chi connectivity index (χ0v) is 27.4. The van der Waals surface area contributed by atoms with E-state index in [4.69, 9.17) is 0 Å². The number of hydrogen-bond donors (Lipinski definition) is 2. The second-order valence-electron chi connectivity index (χ2n) is 13.5. The number of nitrogens with one attached hydrogen (secondary N) is 2. The summed E-state index contributed by atoms with van der Waals surface area (Å²) in [7, 11) is 6.98. The van der Waals surface area contributed by atoms with Crippen LogP contribution in [0.25, 0.3) is 0 Å². The molecule has 1 saturated carbocycles. The second-order valence-corrected chi connectivity index (χ2v) is 13.5. The normalized spacial score (nSPS) is 21.2. The molecule has 0 bridgehead atoms. The van der Waals surface area contributed by atoms with E-state index in [9.17, 15) is 19.6 Å². The van der Waals surface area contributed by atoms with E-state index >= 15 is 0 Å². The number of carbonyl (C=O) groups is 3. The fourth-order valence-corrected chi connectivity index (χ4v) is 7.56. The van der Waals surface area contributed by atoms with Gasteiger partial charge in [0.2, 0.25) is 5.91 Å². The number of aromatic nitrogens is 3. The van der Waals surface area contributed by atoms with Crippen LogP contribution in [0.3, 0.4) is 0 Å². The fourth-order valence-electron chi connectivity index (χ4n) is 7.56. The van der Waals surface area contributed by atoms with Gasteiger partial charge < -0.3 is 25.0 Å². The topological polar surface area (TPSA) is 138 Å². The number of likely N-dealkylation sites (tertiary alicyclic amines) is 1. The van der Waals surface area contributed by atoms with Crippen molar-refractivity contribution in [2.45, 2.75) is 69.5 Å². The monoisotopic (exact) mass is 622 g/mol. The summed E-state index contributed by atoms with van der Waals surface area (Å²) >= 11 is 0. The lowest BCUT2D eigenvalue weighted by molar-refractivity contribution is -0.131. The molecule has 1 saturated heterocycles. The Morgan fingerprint density at radius 2 is 1.59 bits per heavy atom. The molecule has 11 nitrogen and oxygen atoms in total. The van der Waals surface area contributed by atoms with Crippen LogP contribution in [-0.4, -0.2) is 100 Å². The van der Waals surface area contributed by atoms with Crippen LogP contribution >= 0.6 is 0 Å². The van der Waals surface area contributed by atoms with Gasteiger partial charge in [0.15, 0.2) is 0 Å². The van der Waals surface area contributed by atoms with Crippen LogP contribution in [0.1, 0.15) is 80.8 Å². The minimum absolute atomic E-state index is 0.0479. The smallest absolute Gasteiger partial charge is 0.253 e. The molecule has 3 aliphatic rings. The highest BCUT2D eigenvalue weighted by Gasteiger charge is 2.54. The van der Waals surface area contributed by atoms with Gasteiger partial charge in [-0.15, -0.1) is 10.2 Å². The molecule has 0 spiro atoms. The van der Waals surface area contributed by atoms with Crippen molar-refractivity contribution in [3.05, 3.63) is 81.4 Å². The Bertz CT molecular complexity index is 1670. The van der Waals surface area contributed by atoms with E-state index in [0.717, 1.165) is 35.1 Å². The molecule has 240 valence electrons. The largest absolute Gasteiger partial charge is 0.345 e. The maximum Gasteiger partial charge on any atom is 0.253 e. The molecule has 2 aromatic carbocycles. The number of rotatable bonds is 8. The Balaban J connectivity index is 1.44. The van der Waals surface area contributed by atoms with Gasteiger partial charge in [0.05, 0.1) is 18.0 Å². The summed E-state index contributed by atoms with van der Waals surface area (Å²) in [5, 5.41) is 22.2. The highest BCUT2D eigenvalue weighted by molar-refractivity contribution is 5.95. The number of hydrogen-bond acceptors (Lipinski definition) is 7. The van der Waals surface area contributed by atoms with E-state index in [-0.39, 0.29) is 42.4 Å². The molecule has 3 aromatic rings. The SMILES string of the molecule is Cc1nnc(C2(C[C@H](C)NCC(=O)N3[C@H](C#N)C[C@@H]4C[C@@H]43)c3ccc(C(=O)N(C)C)cc3CCc3cc(C(=O)N(C)C)ccc32)[nH]1. The van der Waals surface area contributed by atoms with Crippen LogP contribution in [-0.2, 0) is 23.1 Å². The van der Waals surface area contributed by atoms with Crippen molar-refractivity contribution in [3.8, 4) is 6.07 Å². The highest BCUT2D eigenvalue weighted by Crippen LogP contribution is 2.48. The van der Waals surface area contributed by atoms with Gasteiger partial charge in [0.1, 0.15) is 17.7 Å². The van der Waals surface area contributed by atoms with Crippen LogP contribution in [0.5, 0.6) is 0 Å². The third-order valence-corrected chi connectivity index (χ3v) is 9.86. The van der Waals surface area contributed by atoms with Gasteiger partial charge in [-0.05, 0) is 98.4 Å². The summed E-state index contributed by atoms with van der Waals surface area (Å²) in [4.78, 5) is 47.8. The third kappa shape index (κ3) is 5.45. The number of H-pyrrole nitrogens is 1. The van der Waals surface area contributed by atoms with Crippen LogP contribution in [0.2, 0.25) is 0 Å². The molecule has 2 heterocycles. The Labute approximate surface area is 270 Å². The molecule has 6 rings (SSSR count). The number of amides is 3. The van der Waals surface area contributed by atoms with Crippen LogP contribution < -0.4 is 5.32 Å². The maximum atomic E-state index is 13.4. The molecule has 2 fully saturated rings. The van der Waals surface area contributed by atoms with Gasteiger partial charge in [0, 0.05) is 51.4 Å². The summed E-state index contributed by atoms with van der Waals surface area (Å²) in [6.45, 7) is 4.05. The maximum absolute atomic E-state index is 13.4. The van der Waals surface area contributed by atoms with Gasteiger partial charge in [0.25, 0.3) is 11.8 Å². The number of nitrogens with zero attached hydrogens (tertiary/aromatic N) is 6. The van der Waals surface area contributed by atoms with Gasteiger partial charge >= 0.3 is 0 Å². The molecule has 1 aromatic heterocycles. The van der Waals surface area contributed by atoms with E-state index in [1.807, 2.05) is 43.3 Å². The van der Waals surface area contributed by atoms with Crippen molar-refractivity contribution in [3.63, 3.8) is 0 Å². The molecule has 2 N–H and O–H groups in total. The number of aryl methyl sites for hydroxylation is 3. The van der Waals surface area contributed by atoms with Crippen molar-refractivity contribution in [1.29, 1.82) is 5.26 Å². The molecule has 11 heteroatoms. The molecule has 1 aliphatic heterocycles. The van der Waals surface area contributed by atoms with Gasteiger partial charge in [-0.3, -0.25) is 14.4 Å². The van der Waals surface area contributed by atoms with Crippen LogP contribution in [0.15, 0.2) is 36.4 Å². The van der Waals surface area contributed by atoms with Crippen molar-refractivity contribution in [2.24, 2.45) is 5.92 Å². The lowest BCUT2D eigenvalue weighted by Crippen LogP contribution is -2.46. The van der Waals surface area contributed by atoms with Crippen molar-refractivity contribution < 1.29 is 14.4 Å². The van der Waals surface area contributed by atoms with E-state index in [0.29, 0.717) is 48.0 Å². The number of fused-ring (bicyclic) bond motifs is 3. The van der Waals surface area contributed by atoms with Crippen molar-refractivity contribution >= 4 is 17.7 Å². The molecule has 0 radical (unpaired) electrons. The average Bonchev–Trinajstić information content (AvgIpc) is 3.53. The number of carbonyl (C=O) groups excluding carboxylic acids is 3. The molecule has 0 unspecified atom stereocenters. The van der Waals surface area contributed by atoms with Crippen molar-refractivity contribution in [1.82, 2.24) is 35.2 Å². The number of benzene rings is 2. The Kier molecular flexibility index (Phi) is 8.19. The van der Waals surface area contributed by atoms with Crippen LogP contribution in [0, 0.1) is 24.2 Å². The molecule has 4 atom stereocenters. The summed E-state index contributed by atoms with van der Waals surface area (Å²) in [6.07, 6.45) is 3.60. The lowest BCUT2D eigenvalue weighted by Gasteiger charge is -2.37. The predicted octanol–water partition coefficient (Wildman–Crippen LogP) is 2.83. The Hall–Kier alpha value is -4.56. The second kappa shape index (κ2) is 12.0. The first-order chi connectivity index (χ1) is 21.9. The molecule has 2 aliphatic carbocycles. The van der Waals surface area contributed by atoms with Gasteiger partial charge in [-0.1, -0.05) is 12.1 Å². The minimum atomic E-state index is -0.832. The predicted molar refractivity (Wildman–Crippen MR) is 172 cm³/mol. The summed E-state index contributed by atoms with van der Waals surface area (Å²) in [5.74, 6) is 1.59. The quantitative estimate of drug-likeness (QED) is 0.394. The van der Waals surface area contributed by atoms with Gasteiger partial charge in [-0.25, -0.2) is 0 Å². The lowest BCUT2D eigenvalue weighted by atomic mass is 9.67. The molecule has 3 amide bonds. The Morgan fingerprint density at radius 3 is 2.09 bits per heavy atom. The first-order valence-corrected chi connectivity index (χ1v) is 16.0. The molecular formula is C35H42N8O3. The van der Waals surface area contributed by atoms with Gasteiger partial charge in [-0.2, -0.15) is 5.26 Å². The highest BCUT2D eigenvalue weighted by atomic mass is 16.2. The van der Waals surface area contributed by atoms with E-state index in [2.05, 4.69) is 33.5 Å². The van der Waals surface area contributed by atoms with E-state index < -0.39 is 5.41 Å². The molecular weight excluding hydrogens is 580 g/mol. The zero-order chi connectivity index (χ0) is 32.9. The van der Waals surface area contributed by atoms with Crippen molar-refractivity contribution in [2.75, 3.05) is 34.7 Å².